The summed E-state index contributed by atoms with van der Waals surface area (Å²) in [6.07, 6.45) is 1.50. The Bertz CT molecular complexity index is 1230. The molecular formula is C23H20N4O4. The van der Waals surface area contributed by atoms with Crippen molar-refractivity contribution < 1.29 is 14.5 Å². The third-order valence-electron chi connectivity index (χ3n) is 4.79. The highest BCUT2D eigenvalue weighted by Crippen LogP contribution is 2.26. The number of amides is 1. The molecule has 31 heavy (non-hydrogen) atoms. The molecule has 0 saturated heterocycles. The van der Waals surface area contributed by atoms with E-state index in [-0.39, 0.29) is 11.3 Å². The highest BCUT2D eigenvalue weighted by molar-refractivity contribution is 6.10. The molecule has 0 aliphatic heterocycles. The van der Waals surface area contributed by atoms with Gasteiger partial charge in [0.15, 0.2) is 0 Å². The summed E-state index contributed by atoms with van der Waals surface area (Å²) in [5, 5.41) is 23.4. The maximum Gasteiger partial charge on any atom is 0.271 e. The molecule has 0 spiro atoms. The topological polar surface area (TPSA) is 110 Å². The SMILES string of the molecule is COc1ccccc1NC(=O)/C(C#N)=C/c1cc(C)n(-c2cccc([N+](=O)[O-])c2)c1C. The molecule has 156 valence electrons. The van der Waals surface area contributed by atoms with E-state index in [2.05, 4.69) is 5.32 Å². The van der Waals surface area contributed by atoms with E-state index in [1.54, 1.807) is 36.4 Å². The summed E-state index contributed by atoms with van der Waals surface area (Å²) in [6.45, 7) is 3.68. The van der Waals surface area contributed by atoms with Crippen LogP contribution in [-0.2, 0) is 4.79 Å². The number of nitriles is 1. The maximum atomic E-state index is 12.7. The number of non-ortho nitro benzene ring substituents is 1. The van der Waals surface area contributed by atoms with E-state index in [9.17, 15) is 20.2 Å². The van der Waals surface area contributed by atoms with Crippen LogP contribution in [0.4, 0.5) is 11.4 Å². The molecule has 0 radical (unpaired) electrons. The van der Waals surface area contributed by atoms with Gasteiger partial charge in [-0.3, -0.25) is 14.9 Å². The van der Waals surface area contributed by atoms with Gasteiger partial charge in [-0.1, -0.05) is 18.2 Å². The van der Waals surface area contributed by atoms with Crippen LogP contribution in [0, 0.1) is 35.3 Å². The lowest BCUT2D eigenvalue weighted by Crippen LogP contribution is -2.14. The summed E-state index contributed by atoms with van der Waals surface area (Å²) in [4.78, 5) is 23.3. The molecule has 0 aliphatic rings. The van der Waals surface area contributed by atoms with Gasteiger partial charge in [0.2, 0.25) is 0 Å². The van der Waals surface area contributed by atoms with Crippen LogP contribution in [0.2, 0.25) is 0 Å². The second kappa shape index (κ2) is 8.97. The second-order valence-corrected chi connectivity index (χ2v) is 6.76. The van der Waals surface area contributed by atoms with Crippen molar-refractivity contribution in [3.63, 3.8) is 0 Å². The Balaban J connectivity index is 1.96. The molecule has 8 nitrogen and oxygen atoms in total. The average molecular weight is 416 g/mol. The fourth-order valence-electron chi connectivity index (χ4n) is 3.32. The molecule has 3 aromatic rings. The molecule has 1 N–H and O–H groups in total. The number of nitro benzene ring substituents is 1. The second-order valence-electron chi connectivity index (χ2n) is 6.76. The minimum absolute atomic E-state index is 0.0176. The van der Waals surface area contributed by atoms with Gasteiger partial charge in [0.05, 0.1) is 23.4 Å². The average Bonchev–Trinajstić information content (AvgIpc) is 3.05. The number of benzene rings is 2. The first-order valence-corrected chi connectivity index (χ1v) is 9.35. The first kappa shape index (κ1) is 21.3. The van der Waals surface area contributed by atoms with Crippen LogP contribution in [0.5, 0.6) is 5.75 Å². The van der Waals surface area contributed by atoms with Crippen LogP contribution >= 0.6 is 0 Å². The molecule has 0 unspecified atom stereocenters. The lowest BCUT2D eigenvalue weighted by molar-refractivity contribution is -0.384. The van der Waals surface area contributed by atoms with Gasteiger partial charge < -0.3 is 14.6 Å². The minimum Gasteiger partial charge on any atom is -0.495 e. The number of nitro groups is 1. The molecular weight excluding hydrogens is 396 g/mol. The number of ether oxygens (including phenoxy) is 1. The number of hydrogen-bond acceptors (Lipinski definition) is 5. The number of hydrogen-bond donors (Lipinski definition) is 1. The van der Waals surface area contributed by atoms with Crippen molar-refractivity contribution in [3.8, 4) is 17.5 Å². The van der Waals surface area contributed by atoms with Crippen molar-refractivity contribution in [1.29, 1.82) is 5.26 Å². The molecule has 2 aromatic carbocycles. The normalized spacial score (nSPS) is 11.0. The van der Waals surface area contributed by atoms with E-state index in [0.29, 0.717) is 22.7 Å². The Morgan fingerprint density at radius 3 is 2.61 bits per heavy atom. The summed E-state index contributed by atoms with van der Waals surface area (Å²) in [7, 11) is 1.49. The summed E-state index contributed by atoms with van der Waals surface area (Å²) in [5.41, 5.74) is 3.21. The molecule has 3 rings (SSSR count). The Kier molecular flexibility index (Phi) is 6.17. The third kappa shape index (κ3) is 4.46. The molecule has 0 bridgehead atoms. The van der Waals surface area contributed by atoms with E-state index < -0.39 is 10.8 Å². The fourth-order valence-corrected chi connectivity index (χ4v) is 3.32. The largest absolute Gasteiger partial charge is 0.495 e. The Labute approximate surface area is 179 Å². The molecule has 1 amide bonds. The Hall–Kier alpha value is -4.38. The molecule has 1 aromatic heterocycles. The summed E-state index contributed by atoms with van der Waals surface area (Å²) < 4.78 is 7.06. The number of methoxy groups -OCH3 is 1. The van der Waals surface area contributed by atoms with Crippen LogP contribution in [-0.4, -0.2) is 22.5 Å². The number of carbonyl (C=O) groups is 1. The minimum atomic E-state index is -0.563. The Morgan fingerprint density at radius 2 is 1.94 bits per heavy atom. The number of carbonyl (C=O) groups excluding carboxylic acids is 1. The van der Waals surface area contributed by atoms with Gasteiger partial charge in [0, 0.05) is 23.5 Å². The van der Waals surface area contributed by atoms with Crippen molar-refractivity contribution in [2.24, 2.45) is 0 Å². The van der Waals surface area contributed by atoms with Crippen LogP contribution in [0.15, 0.2) is 60.2 Å². The smallest absolute Gasteiger partial charge is 0.271 e. The van der Waals surface area contributed by atoms with Gasteiger partial charge in [0.1, 0.15) is 17.4 Å². The lowest BCUT2D eigenvalue weighted by atomic mass is 10.1. The zero-order chi connectivity index (χ0) is 22.5. The maximum absolute atomic E-state index is 12.7. The number of para-hydroxylation sites is 2. The molecule has 0 fully saturated rings. The van der Waals surface area contributed by atoms with E-state index in [1.165, 1.54) is 25.3 Å². The quantitative estimate of drug-likeness (QED) is 0.274. The van der Waals surface area contributed by atoms with Crippen molar-refractivity contribution >= 4 is 23.4 Å². The summed E-state index contributed by atoms with van der Waals surface area (Å²) in [6, 6.07) is 17.0. The number of anilines is 1. The number of nitrogens with one attached hydrogen (secondary N) is 1. The van der Waals surface area contributed by atoms with Crippen molar-refractivity contribution in [3.05, 3.63) is 87.2 Å². The van der Waals surface area contributed by atoms with E-state index >= 15 is 0 Å². The van der Waals surface area contributed by atoms with Crippen LogP contribution in [0.3, 0.4) is 0 Å². The van der Waals surface area contributed by atoms with E-state index in [1.807, 2.05) is 30.6 Å². The number of aromatic nitrogens is 1. The molecule has 0 aliphatic carbocycles. The Morgan fingerprint density at radius 1 is 1.19 bits per heavy atom. The first-order valence-electron chi connectivity index (χ1n) is 9.35. The van der Waals surface area contributed by atoms with Crippen molar-refractivity contribution in [2.75, 3.05) is 12.4 Å². The molecule has 1 heterocycles. The highest BCUT2D eigenvalue weighted by Gasteiger charge is 2.16. The van der Waals surface area contributed by atoms with Gasteiger partial charge in [-0.2, -0.15) is 5.26 Å². The van der Waals surface area contributed by atoms with Crippen LogP contribution in [0.25, 0.3) is 11.8 Å². The molecule has 0 atom stereocenters. The van der Waals surface area contributed by atoms with Gasteiger partial charge >= 0.3 is 0 Å². The van der Waals surface area contributed by atoms with Gasteiger partial charge in [0.25, 0.3) is 11.6 Å². The van der Waals surface area contributed by atoms with E-state index in [4.69, 9.17) is 4.74 Å². The zero-order valence-electron chi connectivity index (χ0n) is 17.2. The predicted molar refractivity (Wildman–Crippen MR) is 117 cm³/mol. The number of aryl methyl sites for hydroxylation is 1. The predicted octanol–water partition coefficient (Wildman–Crippen LogP) is 4.56. The van der Waals surface area contributed by atoms with Gasteiger partial charge in [-0.05, 0) is 49.8 Å². The number of nitrogens with zero attached hydrogens (tertiary/aromatic N) is 3. The van der Waals surface area contributed by atoms with Crippen molar-refractivity contribution in [1.82, 2.24) is 4.57 Å². The third-order valence-corrected chi connectivity index (χ3v) is 4.79. The van der Waals surface area contributed by atoms with Gasteiger partial charge in [-0.15, -0.1) is 0 Å². The highest BCUT2D eigenvalue weighted by atomic mass is 16.6. The zero-order valence-corrected chi connectivity index (χ0v) is 17.2. The van der Waals surface area contributed by atoms with Crippen LogP contribution < -0.4 is 10.1 Å². The standard InChI is InChI=1S/C23H20N4O4/c1-15-11-17(16(2)26(15)19-7-6-8-20(13-19)27(29)30)12-18(14-24)23(28)25-21-9-4-5-10-22(21)31-3/h4-13H,1-3H3,(H,25,28)/b18-12+. The number of rotatable bonds is 6. The fraction of sp³-hybridized carbons (Fsp3) is 0.130. The monoisotopic (exact) mass is 416 g/mol. The molecule has 8 heteroatoms. The van der Waals surface area contributed by atoms with Crippen LogP contribution in [0.1, 0.15) is 17.0 Å². The first-order chi connectivity index (χ1) is 14.8. The van der Waals surface area contributed by atoms with Gasteiger partial charge in [-0.25, -0.2) is 0 Å². The van der Waals surface area contributed by atoms with E-state index in [0.717, 1.165) is 11.4 Å². The summed E-state index contributed by atoms with van der Waals surface area (Å²) >= 11 is 0. The summed E-state index contributed by atoms with van der Waals surface area (Å²) in [5.74, 6) is -0.0795. The molecule has 0 saturated carbocycles. The van der Waals surface area contributed by atoms with Crippen molar-refractivity contribution in [2.45, 2.75) is 13.8 Å². The lowest BCUT2D eigenvalue weighted by Gasteiger charge is -2.10.